The third-order valence-electron chi connectivity index (χ3n) is 3.26. The predicted molar refractivity (Wildman–Crippen MR) is 76.3 cm³/mol. The average molecular weight is 336 g/mol. The van der Waals surface area contributed by atoms with Gasteiger partial charge < -0.3 is 5.32 Å². The third kappa shape index (κ3) is 3.18. The van der Waals surface area contributed by atoms with E-state index in [0.29, 0.717) is 10.9 Å². The van der Waals surface area contributed by atoms with E-state index in [1.807, 2.05) is 0 Å². The molecule has 0 aromatic heterocycles. The van der Waals surface area contributed by atoms with Gasteiger partial charge in [0.2, 0.25) is 0 Å². The van der Waals surface area contributed by atoms with Crippen molar-refractivity contribution in [3.8, 4) is 0 Å². The molecule has 2 aliphatic rings. The Bertz CT molecular complexity index is 701. The molecule has 0 saturated carbocycles. The number of fused-ring (bicyclic) bond motifs is 1. The van der Waals surface area contributed by atoms with E-state index in [1.165, 1.54) is 23.9 Å². The Morgan fingerprint density at radius 1 is 1.29 bits per heavy atom. The van der Waals surface area contributed by atoms with E-state index in [4.69, 9.17) is 0 Å². The van der Waals surface area contributed by atoms with Gasteiger partial charge in [0.05, 0.1) is 23.1 Å². The van der Waals surface area contributed by atoms with Crippen molar-refractivity contribution in [1.82, 2.24) is 0 Å². The molecule has 1 aromatic carbocycles. The summed E-state index contributed by atoms with van der Waals surface area (Å²) in [5.74, 6) is 0.0814. The highest BCUT2D eigenvalue weighted by atomic mass is 32.2. The maximum absolute atomic E-state index is 12.6. The Kier molecular flexibility index (Phi) is 3.44. The molecule has 0 radical (unpaired) electrons. The molecule has 1 saturated heterocycles. The van der Waals surface area contributed by atoms with Crippen molar-refractivity contribution in [3.63, 3.8) is 0 Å². The number of hydrogen-bond acceptors (Lipinski definition) is 5. The van der Waals surface area contributed by atoms with Crippen molar-refractivity contribution in [2.75, 3.05) is 16.8 Å². The highest BCUT2D eigenvalue weighted by Gasteiger charge is 2.42. The van der Waals surface area contributed by atoms with Gasteiger partial charge in [0.15, 0.2) is 15.0 Å². The third-order valence-corrected chi connectivity index (χ3v) is 6.40. The number of thioether (sulfide) groups is 1. The van der Waals surface area contributed by atoms with Gasteiger partial charge in [-0.05, 0) is 18.2 Å². The number of nitrogens with one attached hydrogen (secondary N) is 1. The summed E-state index contributed by atoms with van der Waals surface area (Å²) in [4.78, 5) is 4.24. The van der Waals surface area contributed by atoms with Crippen LogP contribution in [0.2, 0.25) is 0 Å². The van der Waals surface area contributed by atoms with Crippen LogP contribution >= 0.6 is 11.8 Å². The molecule has 2 aliphatic heterocycles. The lowest BCUT2D eigenvalue weighted by molar-refractivity contribution is -0.137. The molecule has 0 bridgehead atoms. The molecule has 2 atom stereocenters. The molecule has 0 aliphatic carbocycles. The van der Waals surface area contributed by atoms with Crippen LogP contribution in [-0.2, 0) is 16.0 Å². The lowest BCUT2D eigenvalue weighted by Crippen LogP contribution is -2.13. The number of sulfone groups is 1. The summed E-state index contributed by atoms with van der Waals surface area (Å²) in [6, 6.07) is 4.54. The Morgan fingerprint density at radius 3 is 2.71 bits per heavy atom. The smallest absolute Gasteiger partial charge is 0.335 e. The first-order chi connectivity index (χ1) is 9.73. The van der Waals surface area contributed by atoms with Crippen LogP contribution in [-0.4, -0.2) is 36.4 Å². The van der Waals surface area contributed by atoms with Crippen LogP contribution < -0.4 is 5.32 Å². The van der Waals surface area contributed by atoms with E-state index in [0.717, 1.165) is 12.1 Å². The summed E-state index contributed by atoms with van der Waals surface area (Å²) in [6.45, 7) is 0. The normalized spacial score (nSPS) is 27.3. The molecule has 114 valence electrons. The second kappa shape index (κ2) is 4.91. The zero-order valence-electron chi connectivity index (χ0n) is 10.6. The molecule has 1 N–H and O–H groups in total. The maximum atomic E-state index is 12.6. The van der Waals surface area contributed by atoms with Crippen LogP contribution in [0.15, 0.2) is 29.3 Å². The van der Waals surface area contributed by atoms with Crippen LogP contribution in [0.1, 0.15) is 5.56 Å². The number of halogens is 3. The van der Waals surface area contributed by atoms with Crippen molar-refractivity contribution >= 4 is 32.5 Å². The van der Waals surface area contributed by atoms with Crippen molar-refractivity contribution in [2.45, 2.75) is 17.5 Å². The Labute approximate surface area is 123 Å². The summed E-state index contributed by atoms with van der Waals surface area (Å²) in [6.07, 6.45) is -4.40. The van der Waals surface area contributed by atoms with Gasteiger partial charge in [-0.15, -0.1) is 0 Å². The highest BCUT2D eigenvalue weighted by Crippen LogP contribution is 2.35. The number of rotatable bonds is 1. The zero-order valence-corrected chi connectivity index (χ0v) is 12.2. The quantitative estimate of drug-likeness (QED) is 0.855. The van der Waals surface area contributed by atoms with Crippen LogP contribution in [0.4, 0.5) is 18.9 Å². The summed E-state index contributed by atoms with van der Waals surface area (Å²) in [5, 5.41) is 3.16. The fourth-order valence-electron chi connectivity index (χ4n) is 2.31. The first-order valence-electron chi connectivity index (χ1n) is 6.12. The van der Waals surface area contributed by atoms with E-state index >= 15 is 0 Å². The summed E-state index contributed by atoms with van der Waals surface area (Å²) < 4.78 is 60.7. The van der Waals surface area contributed by atoms with Crippen LogP contribution in [0, 0.1) is 0 Å². The van der Waals surface area contributed by atoms with Gasteiger partial charge >= 0.3 is 6.18 Å². The molecule has 0 spiro atoms. The molecule has 0 amide bonds. The SMILES string of the molecule is O=S1(=O)C[C@@H]2N=C(Nc3cccc(C(F)(F)F)c3)S[C@@H]2C1. The number of alkyl halides is 3. The van der Waals surface area contributed by atoms with E-state index in [-0.39, 0.29) is 22.8 Å². The van der Waals surface area contributed by atoms with Crippen LogP contribution in [0.5, 0.6) is 0 Å². The zero-order chi connectivity index (χ0) is 15.3. The van der Waals surface area contributed by atoms with Gasteiger partial charge in [0, 0.05) is 10.9 Å². The highest BCUT2D eigenvalue weighted by molar-refractivity contribution is 8.15. The molecule has 2 heterocycles. The van der Waals surface area contributed by atoms with Crippen LogP contribution in [0.3, 0.4) is 0 Å². The predicted octanol–water partition coefficient (Wildman–Crippen LogP) is 2.39. The number of amidine groups is 1. The van der Waals surface area contributed by atoms with Gasteiger partial charge in [0.25, 0.3) is 0 Å². The van der Waals surface area contributed by atoms with Gasteiger partial charge in [-0.3, -0.25) is 4.99 Å². The van der Waals surface area contributed by atoms with E-state index in [2.05, 4.69) is 10.3 Å². The van der Waals surface area contributed by atoms with Crippen molar-refractivity contribution in [3.05, 3.63) is 29.8 Å². The van der Waals surface area contributed by atoms with Crippen molar-refractivity contribution < 1.29 is 21.6 Å². The summed E-state index contributed by atoms with van der Waals surface area (Å²) in [5.41, 5.74) is -0.447. The van der Waals surface area contributed by atoms with Crippen molar-refractivity contribution in [2.24, 2.45) is 4.99 Å². The molecule has 4 nitrogen and oxygen atoms in total. The molecule has 3 rings (SSSR count). The van der Waals surface area contributed by atoms with Crippen LogP contribution in [0.25, 0.3) is 0 Å². The van der Waals surface area contributed by atoms with Gasteiger partial charge in [-0.2, -0.15) is 13.2 Å². The monoisotopic (exact) mass is 336 g/mol. The molecule has 1 aromatic rings. The number of nitrogens with zero attached hydrogens (tertiary/aromatic N) is 1. The van der Waals surface area contributed by atoms with E-state index in [1.54, 1.807) is 0 Å². The largest absolute Gasteiger partial charge is 0.416 e. The minimum atomic E-state index is -4.40. The minimum absolute atomic E-state index is 0.0123. The van der Waals surface area contributed by atoms with Gasteiger partial charge in [-0.1, -0.05) is 17.8 Å². The first-order valence-corrected chi connectivity index (χ1v) is 8.82. The first kappa shape index (κ1) is 14.7. The fourth-order valence-corrected chi connectivity index (χ4v) is 5.99. The second-order valence-electron chi connectivity index (χ2n) is 4.94. The standard InChI is InChI=1S/C12H11F3N2O2S2/c13-12(14,15)7-2-1-3-8(4-7)16-11-17-9-5-21(18,19)6-10(9)20-11/h1-4,9-10H,5-6H2,(H,16,17)/t9-,10+/m0/s1. The molecule has 1 fully saturated rings. The number of aliphatic imine (C=N–C) groups is 1. The molecule has 0 unspecified atom stereocenters. The van der Waals surface area contributed by atoms with E-state index < -0.39 is 21.6 Å². The Hall–Kier alpha value is -1.22. The van der Waals surface area contributed by atoms with E-state index in [9.17, 15) is 21.6 Å². The average Bonchev–Trinajstić information content (AvgIpc) is 2.81. The molecular weight excluding hydrogens is 325 g/mol. The lowest BCUT2D eigenvalue weighted by Gasteiger charge is -2.10. The minimum Gasteiger partial charge on any atom is -0.335 e. The summed E-state index contributed by atoms with van der Waals surface area (Å²) in [7, 11) is -3.03. The number of hydrogen-bond donors (Lipinski definition) is 1. The number of anilines is 1. The van der Waals surface area contributed by atoms with Gasteiger partial charge in [0.1, 0.15) is 0 Å². The Balaban J connectivity index is 1.74. The molecule has 9 heteroatoms. The second-order valence-corrected chi connectivity index (χ2v) is 8.32. The summed E-state index contributed by atoms with van der Waals surface area (Å²) >= 11 is 1.27. The fraction of sp³-hybridized carbons (Fsp3) is 0.417. The lowest BCUT2D eigenvalue weighted by atomic mass is 10.2. The number of benzene rings is 1. The topological polar surface area (TPSA) is 58.5 Å². The molecular formula is C12H11F3N2O2S2. The van der Waals surface area contributed by atoms with Gasteiger partial charge in [-0.25, -0.2) is 8.42 Å². The Morgan fingerprint density at radius 2 is 2.05 bits per heavy atom. The molecule has 21 heavy (non-hydrogen) atoms. The van der Waals surface area contributed by atoms with Crippen molar-refractivity contribution in [1.29, 1.82) is 0 Å². The maximum Gasteiger partial charge on any atom is 0.416 e.